The van der Waals surface area contributed by atoms with E-state index in [1.54, 1.807) is 0 Å². The van der Waals surface area contributed by atoms with Crippen molar-refractivity contribution < 1.29 is 0 Å². The van der Waals surface area contributed by atoms with E-state index in [0.29, 0.717) is 6.54 Å². The van der Waals surface area contributed by atoms with Crippen LogP contribution in [-0.2, 0) is 6.42 Å². The van der Waals surface area contributed by atoms with Crippen molar-refractivity contribution >= 4 is 10.9 Å². The minimum absolute atomic E-state index is 0.549. The summed E-state index contributed by atoms with van der Waals surface area (Å²) >= 11 is 0. The maximum absolute atomic E-state index is 6.81. The maximum atomic E-state index is 6.81. The zero-order chi connectivity index (χ0) is 10.7. The number of hydrogen-bond donors (Lipinski definition) is 0. The van der Waals surface area contributed by atoms with Gasteiger partial charge in [0.2, 0.25) is 6.54 Å². The SMILES string of the molecule is [C-]#[N+]CCc1ccnc2ccc(C)cc12. The molecule has 0 aliphatic heterocycles. The molecule has 0 N–H and O–H groups in total. The lowest BCUT2D eigenvalue weighted by atomic mass is 10.0. The number of hydrogen-bond acceptors (Lipinski definition) is 1. The van der Waals surface area contributed by atoms with Gasteiger partial charge in [-0.3, -0.25) is 4.98 Å². The molecule has 0 aliphatic rings. The van der Waals surface area contributed by atoms with E-state index in [-0.39, 0.29) is 0 Å². The largest absolute Gasteiger partial charge is 0.317 e. The van der Waals surface area contributed by atoms with E-state index < -0.39 is 0 Å². The summed E-state index contributed by atoms with van der Waals surface area (Å²) in [7, 11) is 0. The van der Waals surface area contributed by atoms with E-state index >= 15 is 0 Å². The molecule has 0 aliphatic carbocycles. The Morgan fingerprint density at radius 3 is 3.00 bits per heavy atom. The van der Waals surface area contributed by atoms with Crippen LogP contribution in [0.5, 0.6) is 0 Å². The summed E-state index contributed by atoms with van der Waals surface area (Å²) in [5, 5.41) is 1.18. The smallest absolute Gasteiger partial charge is 0.218 e. The molecule has 0 spiro atoms. The molecule has 2 aromatic rings. The molecule has 0 saturated carbocycles. The van der Waals surface area contributed by atoms with Gasteiger partial charge in [-0.1, -0.05) is 11.6 Å². The zero-order valence-corrected chi connectivity index (χ0v) is 8.70. The third kappa shape index (κ3) is 1.97. The first kappa shape index (κ1) is 9.67. The van der Waals surface area contributed by atoms with Crippen molar-refractivity contribution in [2.24, 2.45) is 0 Å². The van der Waals surface area contributed by atoms with Gasteiger partial charge in [-0.15, -0.1) is 0 Å². The summed E-state index contributed by atoms with van der Waals surface area (Å²) in [4.78, 5) is 7.70. The fourth-order valence-electron chi connectivity index (χ4n) is 1.71. The van der Waals surface area contributed by atoms with Gasteiger partial charge in [-0.05, 0) is 30.7 Å². The highest BCUT2D eigenvalue weighted by Gasteiger charge is 2.02. The topological polar surface area (TPSA) is 17.2 Å². The summed E-state index contributed by atoms with van der Waals surface area (Å²) in [5.41, 5.74) is 3.47. The van der Waals surface area contributed by atoms with Crippen LogP contribution in [0.15, 0.2) is 30.5 Å². The average molecular weight is 196 g/mol. The minimum Gasteiger partial charge on any atom is -0.317 e. The second kappa shape index (κ2) is 4.10. The first-order valence-electron chi connectivity index (χ1n) is 4.99. The molecule has 15 heavy (non-hydrogen) atoms. The fraction of sp³-hybridized carbons (Fsp3) is 0.231. The van der Waals surface area contributed by atoms with Crippen LogP contribution in [0.1, 0.15) is 11.1 Å². The van der Waals surface area contributed by atoms with Gasteiger partial charge < -0.3 is 4.85 Å². The van der Waals surface area contributed by atoms with Crippen LogP contribution in [0.25, 0.3) is 15.7 Å². The van der Waals surface area contributed by atoms with E-state index in [2.05, 4.69) is 28.9 Å². The molecule has 0 atom stereocenters. The first-order valence-corrected chi connectivity index (χ1v) is 4.99. The Kier molecular flexibility index (Phi) is 2.64. The van der Waals surface area contributed by atoms with Gasteiger partial charge in [-0.2, -0.15) is 0 Å². The van der Waals surface area contributed by atoms with E-state index in [1.807, 2.05) is 18.3 Å². The van der Waals surface area contributed by atoms with Crippen LogP contribution in [0, 0.1) is 13.5 Å². The Hall–Kier alpha value is -1.88. The molecule has 0 fully saturated rings. The van der Waals surface area contributed by atoms with Crippen molar-refractivity contribution in [1.29, 1.82) is 0 Å². The van der Waals surface area contributed by atoms with E-state index in [9.17, 15) is 0 Å². The van der Waals surface area contributed by atoms with E-state index in [4.69, 9.17) is 6.57 Å². The number of rotatable bonds is 2. The van der Waals surface area contributed by atoms with Crippen molar-refractivity contribution in [3.05, 3.63) is 53.0 Å². The van der Waals surface area contributed by atoms with Gasteiger partial charge >= 0.3 is 0 Å². The molecule has 0 bridgehead atoms. The molecular formula is C13H12N2. The van der Waals surface area contributed by atoms with E-state index in [0.717, 1.165) is 11.9 Å². The lowest BCUT2D eigenvalue weighted by Crippen LogP contribution is -1.91. The third-order valence-electron chi connectivity index (χ3n) is 2.48. The number of nitrogens with zero attached hydrogens (tertiary/aromatic N) is 2. The molecular weight excluding hydrogens is 184 g/mol. The molecule has 0 saturated heterocycles. The predicted octanol–water partition coefficient (Wildman–Crippen LogP) is 3.01. The second-order valence-electron chi connectivity index (χ2n) is 3.62. The van der Waals surface area contributed by atoms with Gasteiger partial charge in [0.15, 0.2) is 0 Å². The van der Waals surface area contributed by atoms with Crippen LogP contribution in [0.3, 0.4) is 0 Å². The third-order valence-corrected chi connectivity index (χ3v) is 2.48. The van der Waals surface area contributed by atoms with Crippen molar-refractivity contribution in [2.45, 2.75) is 13.3 Å². The van der Waals surface area contributed by atoms with Crippen LogP contribution < -0.4 is 0 Å². The highest BCUT2D eigenvalue weighted by atomic mass is 14.7. The van der Waals surface area contributed by atoms with Gasteiger partial charge in [-0.25, -0.2) is 6.57 Å². The summed E-state index contributed by atoms with van der Waals surface area (Å²) in [6.07, 6.45) is 2.63. The Balaban J connectivity index is 2.54. The molecule has 2 rings (SSSR count). The number of fused-ring (bicyclic) bond motifs is 1. The molecule has 2 nitrogen and oxygen atoms in total. The molecule has 0 amide bonds. The van der Waals surface area contributed by atoms with Crippen LogP contribution in [-0.4, -0.2) is 11.5 Å². The predicted molar refractivity (Wildman–Crippen MR) is 61.7 cm³/mol. The van der Waals surface area contributed by atoms with Crippen molar-refractivity contribution in [3.8, 4) is 0 Å². The fourth-order valence-corrected chi connectivity index (χ4v) is 1.71. The lowest BCUT2D eigenvalue weighted by molar-refractivity contribution is 1.09. The normalized spacial score (nSPS) is 10.1. The Bertz CT molecular complexity index is 524. The second-order valence-corrected chi connectivity index (χ2v) is 3.62. The Morgan fingerprint density at radius 2 is 2.20 bits per heavy atom. The molecule has 1 heterocycles. The van der Waals surface area contributed by atoms with Crippen molar-refractivity contribution in [3.63, 3.8) is 0 Å². The Labute approximate surface area is 89.4 Å². The highest BCUT2D eigenvalue weighted by Crippen LogP contribution is 2.18. The summed E-state index contributed by atoms with van der Waals surface area (Å²) < 4.78 is 0. The van der Waals surface area contributed by atoms with Crippen molar-refractivity contribution in [2.75, 3.05) is 6.54 Å². The minimum atomic E-state index is 0.549. The molecule has 1 aromatic heterocycles. The molecule has 0 radical (unpaired) electrons. The quantitative estimate of drug-likeness (QED) is 0.675. The van der Waals surface area contributed by atoms with E-state index in [1.165, 1.54) is 16.5 Å². The number of aryl methyl sites for hydroxylation is 1. The van der Waals surface area contributed by atoms with Gasteiger partial charge in [0.05, 0.1) is 5.52 Å². The van der Waals surface area contributed by atoms with Crippen LogP contribution in [0.2, 0.25) is 0 Å². The molecule has 2 heteroatoms. The molecule has 0 unspecified atom stereocenters. The van der Waals surface area contributed by atoms with Crippen molar-refractivity contribution in [1.82, 2.24) is 4.98 Å². The number of benzene rings is 1. The highest BCUT2D eigenvalue weighted by molar-refractivity contribution is 5.82. The zero-order valence-electron chi connectivity index (χ0n) is 8.70. The van der Waals surface area contributed by atoms with Gasteiger partial charge in [0, 0.05) is 18.0 Å². The number of pyridine rings is 1. The monoisotopic (exact) mass is 196 g/mol. The molecule has 74 valence electrons. The molecule has 1 aromatic carbocycles. The first-order chi connectivity index (χ1) is 7.31. The summed E-state index contributed by atoms with van der Waals surface area (Å²) in [5.74, 6) is 0. The van der Waals surface area contributed by atoms with Crippen LogP contribution >= 0.6 is 0 Å². The Morgan fingerprint density at radius 1 is 1.33 bits per heavy atom. The summed E-state index contributed by atoms with van der Waals surface area (Å²) in [6.45, 7) is 9.43. The summed E-state index contributed by atoms with van der Waals surface area (Å²) in [6, 6.07) is 8.24. The van der Waals surface area contributed by atoms with Gasteiger partial charge in [0.25, 0.3) is 0 Å². The standard InChI is InChI=1S/C13H12N2/c1-10-3-4-13-12(9-10)11(5-7-14-2)6-8-15-13/h3-4,6,8-9H,5,7H2,1H3. The average Bonchev–Trinajstić information content (AvgIpc) is 2.26. The maximum Gasteiger partial charge on any atom is 0.218 e. The van der Waals surface area contributed by atoms with Gasteiger partial charge in [0.1, 0.15) is 0 Å². The number of aromatic nitrogens is 1. The lowest BCUT2D eigenvalue weighted by Gasteiger charge is -2.03. The van der Waals surface area contributed by atoms with Crippen LogP contribution in [0.4, 0.5) is 0 Å².